The van der Waals surface area contributed by atoms with Gasteiger partial charge >= 0.3 is 0 Å². The molecule has 0 aromatic carbocycles. The van der Waals surface area contributed by atoms with Crippen LogP contribution in [0.4, 0.5) is 0 Å². The van der Waals surface area contributed by atoms with E-state index in [4.69, 9.17) is 0 Å². The average molecular weight is 297 g/mol. The van der Waals surface area contributed by atoms with Crippen LogP contribution in [0.5, 0.6) is 0 Å². The lowest BCUT2D eigenvalue weighted by Crippen LogP contribution is -2.44. The number of thiophene rings is 1. The minimum atomic E-state index is 0.479. The molecule has 0 aliphatic rings. The van der Waals surface area contributed by atoms with Gasteiger partial charge in [-0.3, -0.25) is 0 Å². The van der Waals surface area contributed by atoms with Gasteiger partial charge in [-0.15, -0.1) is 11.3 Å². The fraction of sp³-hybridized carbons (Fsp3) is 0.765. The minimum Gasteiger partial charge on any atom is -0.307 e. The van der Waals surface area contributed by atoms with E-state index in [0.29, 0.717) is 18.0 Å². The quantitative estimate of drug-likeness (QED) is 0.726. The average Bonchev–Trinajstić information content (AvgIpc) is 2.91. The standard InChI is InChI=1S/C17H32N2S/c1-7-14(8-2)15(19(5)6)12-18-17(13(3)4)16-10-9-11-20-16/h9-11,13-15,17-18H,7-8,12H2,1-6H3. The Bertz CT molecular complexity index is 342. The van der Waals surface area contributed by atoms with E-state index in [1.165, 1.54) is 17.7 Å². The summed E-state index contributed by atoms with van der Waals surface area (Å²) in [5, 5.41) is 6.00. The lowest BCUT2D eigenvalue weighted by atomic mass is 9.92. The van der Waals surface area contributed by atoms with Gasteiger partial charge in [0.05, 0.1) is 0 Å². The molecule has 0 saturated carbocycles. The molecule has 1 rings (SSSR count). The Balaban J connectivity index is 2.69. The van der Waals surface area contributed by atoms with E-state index < -0.39 is 0 Å². The van der Waals surface area contributed by atoms with Crippen LogP contribution in [0.3, 0.4) is 0 Å². The summed E-state index contributed by atoms with van der Waals surface area (Å²) < 4.78 is 0. The molecule has 3 heteroatoms. The van der Waals surface area contributed by atoms with E-state index in [9.17, 15) is 0 Å². The summed E-state index contributed by atoms with van der Waals surface area (Å²) in [5.41, 5.74) is 0. The normalized spacial score (nSPS) is 15.2. The van der Waals surface area contributed by atoms with E-state index in [2.05, 4.69) is 69.5 Å². The third-order valence-electron chi connectivity index (χ3n) is 4.32. The number of rotatable bonds is 9. The summed E-state index contributed by atoms with van der Waals surface area (Å²) in [6.45, 7) is 10.3. The molecule has 0 radical (unpaired) electrons. The first-order chi connectivity index (χ1) is 9.51. The van der Waals surface area contributed by atoms with Crippen LogP contribution in [0.25, 0.3) is 0 Å². The monoisotopic (exact) mass is 296 g/mol. The number of likely N-dealkylation sites (N-methyl/N-ethyl adjacent to an activating group) is 1. The first-order valence-electron chi connectivity index (χ1n) is 7.94. The zero-order chi connectivity index (χ0) is 15.1. The van der Waals surface area contributed by atoms with Crippen molar-refractivity contribution in [3.05, 3.63) is 22.4 Å². The first-order valence-corrected chi connectivity index (χ1v) is 8.82. The molecule has 1 N–H and O–H groups in total. The third-order valence-corrected chi connectivity index (χ3v) is 5.27. The van der Waals surface area contributed by atoms with Crippen molar-refractivity contribution < 1.29 is 0 Å². The van der Waals surface area contributed by atoms with Crippen molar-refractivity contribution in [1.82, 2.24) is 10.2 Å². The van der Waals surface area contributed by atoms with Crippen LogP contribution in [-0.4, -0.2) is 31.6 Å². The molecule has 1 heterocycles. The lowest BCUT2D eigenvalue weighted by molar-refractivity contribution is 0.185. The summed E-state index contributed by atoms with van der Waals surface area (Å²) in [5.74, 6) is 1.40. The third kappa shape index (κ3) is 4.87. The molecule has 0 saturated heterocycles. The van der Waals surface area contributed by atoms with E-state index in [1.54, 1.807) is 0 Å². The Morgan fingerprint density at radius 2 is 1.85 bits per heavy atom. The summed E-state index contributed by atoms with van der Waals surface area (Å²) in [7, 11) is 4.42. The molecule has 0 aliphatic carbocycles. The predicted molar refractivity (Wildman–Crippen MR) is 91.4 cm³/mol. The van der Waals surface area contributed by atoms with Crippen LogP contribution >= 0.6 is 11.3 Å². The maximum absolute atomic E-state index is 3.82. The highest BCUT2D eigenvalue weighted by atomic mass is 32.1. The highest BCUT2D eigenvalue weighted by Crippen LogP contribution is 2.26. The zero-order valence-corrected chi connectivity index (χ0v) is 14.8. The Labute approximate surface area is 129 Å². The second kappa shape index (κ2) is 8.81. The van der Waals surface area contributed by atoms with Crippen molar-refractivity contribution in [3.8, 4) is 0 Å². The van der Waals surface area contributed by atoms with Gasteiger partial charge in [0, 0.05) is 23.5 Å². The second-order valence-corrected chi connectivity index (χ2v) is 7.23. The van der Waals surface area contributed by atoms with Crippen LogP contribution in [0.15, 0.2) is 17.5 Å². The number of nitrogens with zero attached hydrogens (tertiary/aromatic N) is 1. The van der Waals surface area contributed by atoms with Crippen LogP contribution in [0.1, 0.15) is 51.5 Å². The molecule has 0 amide bonds. The predicted octanol–water partition coefficient (Wildman–Crippen LogP) is 4.40. The Hall–Kier alpha value is -0.380. The topological polar surface area (TPSA) is 15.3 Å². The lowest BCUT2D eigenvalue weighted by Gasteiger charge is -2.33. The highest BCUT2D eigenvalue weighted by Gasteiger charge is 2.23. The number of hydrogen-bond donors (Lipinski definition) is 1. The largest absolute Gasteiger partial charge is 0.307 e. The Morgan fingerprint density at radius 3 is 2.25 bits per heavy atom. The molecule has 2 unspecified atom stereocenters. The minimum absolute atomic E-state index is 0.479. The maximum Gasteiger partial charge on any atom is 0.0438 e. The fourth-order valence-corrected chi connectivity index (χ4v) is 3.96. The van der Waals surface area contributed by atoms with Gasteiger partial charge in [-0.2, -0.15) is 0 Å². The molecule has 0 aliphatic heterocycles. The molecular formula is C17H32N2S. The van der Waals surface area contributed by atoms with Gasteiger partial charge < -0.3 is 10.2 Å². The molecule has 1 aromatic rings. The zero-order valence-electron chi connectivity index (χ0n) is 14.0. The van der Waals surface area contributed by atoms with Gasteiger partial charge in [0.25, 0.3) is 0 Å². The van der Waals surface area contributed by atoms with E-state index in [-0.39, 0.29) is 0 Å². The molecule has 116 valence electrons. The number of nitrogens with one attached hydrogen (secondary N) is 1. The first kappa shape index (κ1) is 17.7. The van der Waals surface area contributed by atoms with Crippen molar-refractivity contribution in [2.45, 2.75) is 52.6 Å². The smallest absolute Gasteiger partial charge is 0.0438 e. The molecule has 0 spiro atoms. The van der Waals surface area contributed by atoms with Crippen LogP contribution < -0.4 is 5.32 Å². The van der Waals surface area contributed by atoms with Crippen LogP contribution in [0.2, 0.25) is 0 Å². The Kier molecular flexibility index (Phi) is 7.78. The summed E-state index contributed by atoms with van der Waals surface area (Å²) in [4.78, 5) is 3.85. The summed E-state index contributed by atoms with van der Waals surface area (Å²) >= 11 is 1.86. The van der Waals surface area contributed by atoms with Crippen molar-refractivity contribution in [1.29, 1.82) is 0 Å². The van der Waals surface area contributed by atoms with Crippen LogP contribution in [-0.2, 0) is 0 Å². The summed E-state index contributed by atoms with van der Waals surface area (Å²) in [6.07, 6.45) is 2.51. The second-order valence-electron chi connectivity index (χ2n) is 6.25. The molecular weight excluding hydrogens is 264 g/mol. The van der Waals surface area contributed by atoms with Gasteiger partial charge in [0.1, 0.15) is 0 Å². The molecule has 0 fully saturated rings. The van der Waals surface area contributed by atoms with E-state index in [1.807, 2.05) is 11.3 Å². The molecule has 1 aromatic heterocycles. The fourth-order valence-electron chi connectivity index (χ4n) is 2.98. The molecule has 0 bridgehead atoms. The van der Waals surface area contributed by atoms with Crippen molar-refractivity contribution in [2.75, 3.05) is 20.6 Å². The molecule has 20 heavy (non-hydrogen) atoms. The van der Waals surface area contributed by atoms with Gasteiger partial charge in [0.2, 0.25) is 0 Å². The van der Waals surface area contributed by atoms with Crippen LogP contribution in [0, 0.1) is 11.8 Å². The molecule has 2 nitrogen and oxygen atoms in total. The molecule has 2 atom stereocenters. The SMILES string of the molecule is CCC(CC)C(CNC(c1cccs1)C(C)C)N(C)C. The van der Waals surface area contributed by atoms with E-state index >= 15 is 0 Å². The van der Waals surface area contributed by atoms with Crippen molar-refractivity contribution in [3.63, 3.8) is 0 Å². The van der Waals surface area contributed by atoms with E-state index in [0.717, 1.165) is 12.5 Å². The maximum atomic E-state index is 3.82. The number of hydrogen-bond acceptors (Lipinski definition) is 3. The van der Waals surface area contributed by atoms with Crippen molar-refractivity contribution >= 4 is 11.3 Å². The van der Waals surface area contributed by atoms with Gasteiger partial charge in [-0.1, -0.05) is 46.6 Å². The summed E-state index contributed by atoms with van der Waals surface area (Å²) in [6, 6.07) is 5.50. The highest BCUT2D eigenvalue weighted by molar-refractivity contribution is 7.10. The van der Waals surface area contributed by atoms with Gasteiger partial charge in [-0.25, -0.2) is 0 Å². The van der Waals surface area contributed by atoms with Gasteiger partial charge in [0.15, 0.2) is 0 Å². The van der Waals surface area contributed by atoms with Crippen molar-refractivity contribution in [2.24, 2.45) is 11.8 Å². The van der Waals surface area contributed by atoms with Gasteiger partial charge in [-0.05, 0) is 37.4 Å². The Morgan fingerprint density at radius 1 is 1.20 bits per heavy atom.